The van der Waals surface area contributed by atoms with Gasteiger partial charge in [0.25, 0.3) is 0 Å². The van der Waals surface area contributed by atoms with Crippen molar-refractivity contribution in [2.45, 2.75) is 76.8 Å². The SMILES string of the molecule is COc1ccccc1CCN1CC(CC(=O)N[C@H](C)CCCC(C)c2cccc(CC=O)c2OC)C=C2c3cccc4[nH]cc(c34)C[C@H]21. The summed E-state index contributed by atoms with van der Waals surface area (Å²) >= 11 is 0. The Balaban J connectivity index is 1.10. The Kier molecular flexibility index (Phi) is 10.7. The molecule has 3 aromatic carbocycles. The highest BCUT2D eigenvalue weighted by Gasteiger charge is 2.36. The number of rotatable bonds is 15. The Hall–Kier alpha value is -4.36. The van der Waals surface area contributed by atoms with Gasteiger partial charge in [-0.25, -0.2) is 0 Å². The van der Waals surface area contributed by atoms with Crippen LogP contribution in [0.1, 0.15) is 73.3 Å². The molecule has 7 heteroatoms. The van der Waals surface area contributed by atoms with Crippen molar-refractivity contribution in [2.75, 3.05) is 27.3 Å². The summed E-state index contributed by atoms with van der Waals surface area (Å²) in [5.41, 5.74) is 8.47. The molecular weight excluding hydrogens is 598 g/mol. The zero-order valence-electron chi connectivity index (χ0n) is 28.8. The number of carbonyl (C=O) groups is 2. The lowest BCUT2D eigenvalue weighted by molar-refractivity contribution is -0.122. The maximum atomic E-state index is 13.5. The molecule has 0 fully saturated rings. The number of hydrogen-bond acceptors (Lipinski definition) is 5. The molecule has 0 radical (unpaired) electrons. The second kappa shape index (κ2) is 15.2. The lowest BCUT2D eigenvalue weighted by atomic mass is 9.79. The minimum atomic E-state index is 0.0875. The number of ether oxygens (including phenoxy) is 2. The number of amides is 1. The predicted molar refractivity (Wildman–Crippen MR) is 193 cm³/mol. The number of nitrogens with zero attached hydrogens (tertiary/aromatic N) is 1. The van der Waals surface area contributed by atoms with Crippen molar-refractivity contribution < 1.29 is 19.1 Å². The largest absolute Gasteiger partial charge is 0.496 e. The fraction of sp³-hybridized carbons (Fsp3) is 0.415. The van der Waals surface area contributed by atoms with Gasteiger partial charge >= 0.3 is 0 Å². The highest BCUT2D eigenvalue weighted by atomic mass is 16.5. The summed E-state index contributed by atoms with van der Waals surface area (Å²) in [6, 6.07) is 21.2. The third-order valence-corrected chi connectivity index (χ3v) is 10.4. The number of carbonyl (C=O) groups excluding carboxylic acids is 2. The van der Waals surface area contributed by atoms with Gasteiger partial charge < -0.3 is 24.6 Å². The third kappa shape index (κ3) is 7.21. The number of aromatic amines is 1. The Morgan fingerprint density at radius 2 is 1.83 bits per heavy atom. The van der Waals surface area contributed by atoms with Gasteiger partial charge in [0.2, 0.25) is 5.91 Å². The van der Waals surface area contributed by atoms with Crippen LogP contribution in [0.25, 0.3) is 16.5 Å². The number of methoxy groups -OCH3 is 2. The van der Waals surface area contributed by atoms with Crippen LogP contribution in [-0.2, 0) is 28.9 Å². The first-order valence-corrected chi connectivity index (χ1v) is 17.5. The number of hydrogen-bond donors (Lipinski definition) is 2. The molecule has 1 aliphatic carbocycles. The fourth-order valence-corrected chi connectivity index (χ4v) is 7.98. The highest BCUT2D eigenvalue weighted by Crippen LogP contribution is 2.42. The van der Waals surface area contributed by atoms with E-state index in [1.54, 1.807) is 14.2 Å². The summed E-state index contributed by atoms with van der Waals surface area (Å²) in [5.74, 6) is 2.28. The van der Waals surface area contributed by atoms with Gasteiger partial charge in [-0.1, -0.05) is 68.0 Å². The minimum Gasteiger partial charge on any atom is -0.496 e. The number of benzene rings is 3. The summed E-state index contributed by atoms with van der Waals surface area (Å²) in [6.45, 7) is 6.06. The van der Waals surface area contributed by atoms with Gasteiger partial charge in [0, 0.05) is 60.7 Å². The monoisotopic (exact) mass is 647 g/mol. The number of fused-ring (bicyclic) bond motifs is 2. The molecule has 2 aliphatic rings. The van der Waals surface area contributed by atoms with E-state index >= 15 is 0 Å². The number of H-pyrrole nitrogens is 1. The number of aromatic nitrogens is 1. The molecule has 0 saturated carbocycles. The van der Waals surface area contributed by atoms with Crippen LogP contribution in [0.4, 0.5) is 0 Å². The zero-order chi connectivity index (χ0) is 33.6. The van der Waals surface area contributed by atoms with Crippen molar-refractivity contribution in [1.82, 2.24) is 15.2 Å². The quantitative estimate of drug-likeness (QED) is 0.133. The van der Waals surface area contributed by atoms with Gasteiger partial charge in [0.15, 0.2) is 0 Å². The van der Waals surface area contributed by atoms with Gasteiger partial charge in [-0.15, -0.1) is 0 Å². The maximum absolute atomic E-state index is 13.5. The van der Waals surface area contributed by atoms with E-state index in [0.29, 0.717) is 18.8 Å². The van der Waals surface area contributed by atoms with Crippen LogP contribution in [0.15, 0.2) is 72.9 Å². The molecule has 0 bridgehead atoms. The van der Waals surface area contributed by atoms with Crippen molar-refractivity contribution in [3.63, 3.8) is 0 Å². The average molecular weight is 648 g/mol. The number of aldehydes is 1. The Labute approximate surface area is 284 Å². The van der Waals surface area contributed by atoms with E-state index in [1.807, 2.05) is 24.3 Å². The maximum Gasteiger partial charge on any atom is 0.220 e. The van der Waals surface area contributed by atoms with Crippen LogP contribution in [0.2, 0.25) is 0 Å². The van der Waals surface area contributed by atoms with Gasteiger partial charge in [0.1, 0.15) is 17.8 Å². The van der Waals surface area contributed by atoms with Gasteiger partial charge in [-0.05, 0) is 84.4 Å². The van der Waals surface area contributed by atoms with Gasteiger partial charge in [-0.2, -0.15) is 0 Å². The van der Waals surface area contributed by atoms with Crippen LogP contribution < -0.4 is 14.8 Å². The lowest BCUT2D eigenvalue weighted by Gasteiger charge is -2.42. The highest BCUT2D eigenvalue weighted by molar-refractivity contribution is 5.98. The standard InChI is InChI=1S/C41H49N3O4/c1-27(33-14-8-13-31(19-21-45)41(33)48-4)10-7-11-28(2)43-39(46)23-29-22-35-34-15-9-16-36-40(34)32(25-42-36)24-37(35)44(26-29)20-18-30-12-5-6-17-38(30)47-3/h5-6,8-9,12-17,21-22,25,27-29,37,42H,7,10-11,18-20,23-24,26H2,1-4H3,(H,43,46)/t27?,28-,29?,37-/m1/s1. The second-order valence-corrected chi connectivity index (χ2v) is 13.6. The molecule has 4 aromatic rings. The minimum absolute atomic E-state index is 0.0875. The Morgan fingerprint density at radius 1 is 1.02 bits per heavy atom. The van der Waals surface area contributed by atoms with Crippen molar-refractivity contribution in [3.8, 4) is 11.5 Å². The molecule has 2 unspecified atom stereocenters. The van der Waals surface area contributed by atoms with E-state index in [2.05, 4.69) is 77.7 Å². The fourth-order valence-electron chi connectivity index (χ4n) is 7.98. The number of para-hydroxylation sites is 2. The summed E-state index contributed by atoms with van der Waals surface area (Å²) in [4.78, 5) is 30.7. The summed E-state index contributed by atoms with van der Waals surface area (Å²) in [5, 5.41) is 4.63. The van der Waals surface area contributed by atoms with E-state index in [-0.39, 0.29) is 23.9 Å². The molecule has 252 valence electrons. The van der Waals surface area contributed by atoms with Crippen LogP contribution >= 0.6 is 0 Å². The van der Waals surface area contributed by atoms with Crippen molar-refractivity contribution in [3.05, 3.63) is 101 Å². The topological polar surface area (TPSA) is 83.7 Å². The molecule has 4 atom stereocenters. The summed E-state index contributed by atoms with van der Waals surface area (Å²) < 4.78 is 11.3. The van der Waals surface area contributed by atoms with E-state index in [9.17, 15) is 9.59 Å². The van der Waals surface area contributed by atoms with Gasteiger partial charge in [0.05, 0.1) is 14.2 Å². The van der Waals surface area contributed by atoms with E-state index in [1.165, 1.54) is 33.2 Å². The zero-order valence-corrected chi connectivity index (χ0v) is 28.8. The molecule has 48 heavy (non-hydrogen) atoms. The second-order valence-electron chi connectivity index (χ2n) is 13.6. The molecule has 0 saturated heterocycles. The molecule has 1 amide bonds. The van der Waals surface area contributed by atoms with Crippen LogP contribution in [0.5, 0.6) is 11.5 Å². The molecule has 7 nitrogen and oxygen atoms in total. The van der Waals surface area contributed by atoms with Crippen LogP contribution in [-0.4, -0.2) is 61.5 Å². The van der Waals surface area contributed by atoms with Crippen molar-refractivity contribution in [2.24, 2.45) is 5.92 Å². The normalized spacial score (nSPS) is 18.5. The summed E-state index contributed by atoms with van der Waals surface area (Å²) in [6.07, 6.45) is 11.0. The van der Waals surface area contributed by atoms with E-state index < -0.39 is 0 Å². The average Bonchev–Trinajstić information content (AvgIpc) is 3.51. The van der Waals surface area contributed by atoms with Crippen molar-refractivity contribution in [1.29, 1.82) is 0 Å². The van der Waals surface area contributed by atoms with Crippen molar-refractivity contribution >= 4 is 28.7 Å². The molecule has 0 spiro atoms. The van der Waals surface area contributed by atoms with Gasteiger partial charge in [-0.3, -0.25) is 9.69 Å². The van der Waals surface area contributed by atoms with E-state index in [0.717, 1.165) is 74.1 Å². The molecule has 1 aliphatic heterocycles. The van der Waals surface area contributed by atoms with Crippen LogP contribution in [0, 0.1) is 5.92 Å². The molecule has 6 rings (SSSR count). The lowest BCUT2D eigenvalue weighted by Crippen LogP contribution is -2.47. The van der Waals surface area contributed by atoms with Crippen LogP contribution in [0.3, 0.4) is 0 Å². The molecular formula is C41H49N3O4. The first-order valence-electron chi connectivity index (χ1n) is 17.5. The first-order chi connectivity index (χ1) is 23.4. The first kappa shape index (κ1) is 33.5. The Morgan fingerprint density at radius 3 is 2.65 bits per heavy atom. The smallest absolute Gasteiger partial charge is 0.220 e. The Bertz CT molecular complexity index is 1770. The number of nitrogens with one attached hydrogen (secondary N) is 2. The predicted octanol–water partition coefficient (Wildman–Crippen LogP) is 7.28. The molecule has 1 aromatic heterocycles. The third-order valence-electron chi connectivity index (χ3n) is 10.4. The molecule has 2 N–H and O–H groups in total. The molecule has 2 heterocycles. The van der Waals surface area contributed by atoms with E-state index in [4.69, 9.17) is 9.47 Å². The summed E-state index contributed by atoms with van der Waals surface area (Å²) in [7, 11) is 3.41.